The van der Waals surface area contributed by atoms with Gasteiger partial charge in [0, 0.05) is 23.5 Å². The van der Waals surface area contributed by atoms with Gasteiger partial charge in [-0.2, -0.15) is 4.37 Å². The molecule has 3 nitrogen and oxygen atoms in total. The maximum Gasteiger partial charge on any atom is 0.202 e. The molecule has 17 heavy (non-hydrogen) atoms. The van der Waals surface area contributed by atoms with Gasteiger partial charge < -0.3 is 5.32 Å². The molecule has 0 bridgehead atoms. The predicted octanol–water partition coefficient (Wildman–Crippen LogP) is 3.80. The van der Waals surface area contributed by atoms with Gasteiger partial charge in [0.15, 0.2) is 0 Å². The third-order valence-corrected chi connectivity index (χ3v) is 4.73. The normalized spacial score (nSPS) is 29.2. The standard InChI is InChI=1S/C13H21N3S/c1-2-9-4-3-5-11(8-9)14-13-15-12(16-17-13)10-6-7-10/h9-11H,2-8H2,1H3,(H,14,15,16). The zero-order valence-corrected chi connectivity index (χ0v) is 11.3. The highest BCUT2D eigenvalue weighted by Crippen LogP contribution is 2.39. The molecule has 2 fully saturated rings. The molecule has 0 amide bonds. The molecule has 3 rings (SSSR count). The molecule has 2 atom stereocenters. The highest BCUT2D eigenvalue weighted by molar-refractivity contribution is 7.09. The number of anilines is 1. The largest absolute Gasteiger partial charge is 0.358 e. The first-order chi connectivity index (χ1) is 8.35. The average Bonchev–Trinajstić information content (AvgIpc) is 3.11. The van der Waals surface area contributed by atoms with Crippen LogP contribution in [-0.2, 0) is 0 Å². The van der Waals surface area contributed by atoms with Crippen molar-refractivity contribution in [2.24, 2.45) is 5.92 Å². The highest BCUT2D eigenvalue weighted by Gasteiger charge is 2.28. The molecule has 4 heteroatoms. The summed E-state index contributed by atoms with van der Waals surface area (Å²) in [6, 6.07) is 0.633. The van der Waals surface area contributed by atoms with Crippen LogP contribution in [0.5, 0.6) is 0 Å². The quantitative estimate of drug-likeness (QED) is 0.884. The SMILES string of the molecule is CCC1CCCC(Nc2nc(C3CC3)ns2)C1. The van der Waals surface area contributed by atoms with Crippen molar-refractivity contribution in [3.05, 3.63) is 5.82 Å². The minimum atomic E-state index is 0.633. The molecule has 1 aromatic heterocycles. The molecule has 1 heterocycles. The van der Waals surface area contributed by atoms with Gasteiger partial charge in [0.1, 0.15) is 5.82 Å². The topological polar surface area (TPSA) is 37.8 Å². The van der Waals surface area contributed by atoms with E-state index in [1.165, 1.54) is 44.9 Å². The second-order valence-corrected chi connectivity index (χ2v) is 6.27. The van der Waals surface area contributed by atoms with Crippen LogP contribution in [0.15, 0.2) is 0 Å². The maximum absolute atomic E-state index is 4.61. The van der Waals surface area contributed by atoms with E-state index in [1.807, 2.05) is 0 Å². The van der Waals surface area contributed by atoms with Gasteiger partial charge in [0.2, 0.25) is 5.13 Å². The summed E-state index contributed by atoms with van der Waals surface area (Å²) in [7, 11) is 0. The number of nitrogens with one attached hydrogen (secondary N) is 1. The van der Waals surface area contributed by atoms with Crippen LogP contribution in [0.25, 0.3) is 0 Å². The summed E-state index contributed by atoms with van der Waals surface area (Å²) in [6.07, 6.45) is 9.29. The lowest BCUT2D eigenvalue weighted by Gasteiger charge is -2.28. The van der Waals surface area contributed by atoms with Crippen LogP contribution in [-0.4, -0.2) is 15.4 Å². The summed E-state index contributed by atoms with van der Waals surface area (Å²) in [6.45, 7) is 2.31. The summed E-state index contributed by atoms with van der Waals surface area (Å²) in [5.74, 6) is 2.67. The lowest BCUT2D eigenvalue weighted by molar-refractivity contribution is 0.327. The van der Waals surface area contributed by atoms with Crippen molar-refractivity contribution in [3.63, 3.8) is 0 Å². The van der Waals surface area contributed by atoms with E-state index in [1.54, 1.807) is 11.5 Å². The van der Waals surface area contributed by atoms with Crippen molar-refractivity contribution in [2.75, 3.05) is 5.32 Å². The lowest BCUT2D eigenvalue weighted by Crippen LogP contribution is -2.26. The number of aromatic nitrogens is 2. The fourth-order valence-corrected chi connectivity index (χ4v) is 3.49. The van der Waals surface area contributed by atoms with Gasteiger partial charge >= 0.3 is 0 Å². The maximum atomic E-state index is 4.61. The van der Waals surface area contributed by atoms with E-state index >= 15 is 0 Å². The van der Waals surface area contributed by atoms with E-state index in [2.05, 4.69) is 21.6 Å². The Morgan fingerprint density at radius 1 is 1.29 bits per heavy atom. The second kappa shape index (κ2) is 4.92. The van der Waals surface area contributed by atoms with Crippen LogP contribution in [0.2, 0.25) is 0 Å². The molecule has 0 spiro atoms. The van der Waals surface area contributed by atoms with Crippen LogP contribution in [0, 0.1) is 5.92 Å². The first-order valence-corrected chi connectivity index (χ1v) is 7.72. The van der Waals surface area contributed by atoms with E-state index in [0.29, 0.717) is 12.0 Å². The first-order valence-electron chi connectivity index (χ1n) is 6.95. The summed E-state index contributed by atoms with van der Waals surface area (Å²) < 4.78 is 4.45. The molecular weight excluding hydrogens is 230 g/mol. The molecule has 1 aromatic rings. The molecule has 0 saturated heterocycles. The van der Waals surface area contributed by atoms with Gasteiger partial charge in [-0.3, -0.25) is 0 Å². The van der Waals surface area contributed by atoms with Crippen molar-refractivity contribution >= 4 is 16.7 Å². The summed E-state index contributed by atoms with van der Waals surface area (Å²) in [4.78, 5) is 4.61. The van der Waals surface area contributed by atoms with Crippen molar-refractivity contribution in [1.29, 1.82) is 0 Å². The lowest BCUT2D eigenvalue weighted by atomic mass is 9.84. The molecular formula is C13H21N3S. The zero-order valence-electron chi connectivity index (χ0n) is 10.5. The van der Waals surface area contributed by atoms with E-state index in [9.17, 15) is 0 Å². The van der Waals surface area contributed by atoms with Crippen molar-refractivity contribution in [1.82, 2.24) is 9.36 Å². The van der Waals surface area contributed by atoms with Gasteiger partial charge in [0.05, 0.1) is 0 Å². The highest BCUT2D eigenvalue weighted by atomic mass is 32.1. The molecule has 1 N–H and O–H groups in total. The first kappa shape index (κ1) is 11.5. The monoisotopic (exact) mass is 251 g/mol. The van der Waals surface area contributed by atoms with E-state index in [0.717, 1.165) is 16.9 Å². The van der Waals surface area contributed by atoms with Gasteiger partial charge in [-0.15, -0.1) is 0 Å². The summed E-state index contributed by atoms with van der Waals surface area (Å²) in [5, 5.41) is 4.64. The Morgan fingerprint density at radius 2 is 2.18 bits per heavy atom. The number of nitrogens with zero attached hydrogens (tertiary/aromatic N) is 2. The molecule has 2 saturated carbocycles. The minimum Gasteiger partial charge on any atom is -0.358 e. The Kier molecular flexibility index (Phi) is 3.32. The number of rotatable bonds is 4. The zero-order chi connectivity index (χ0) is 11.7. The smallest absolute Gasteiger partial charge is 0.202 e. The van der Waals surface area contributed by atoms with Gasteiger partial charge in [-0.1, -0.05) is 26.2 Å². The Morgan fingerprint density at radius 3 is 2.94 bits per heavy atom. The number of hydrogen-bond donors (Lipinski definition) is 1. The van der Waals surface area contributed by atoms with Crippen LogP contribution in [0.4, 0.5) is 5.13 Å². The fraction of sp³-hybridized carbons (Fsp3) is 0.846. The van der Waals surface area contributed by atoms with Crippen molar-refractivity contribution in [3.8, 4) is 0 Å². The average molecular weight is 251 g/mol. The third kappa shape index (κ3) is 2.79. The Balaban J connectivity index is 1.57. The molecule has 94 valence electrons. The van der Waals surface area contributed by atoms with E-state index in [-0.39, 0.29) is 0 Å². The number of hydrogen-bond acceptors (Lipinski definition) is 4. The molecule has 2 aliphatic carbocycles. The van der Waals surface area contributed by atoms with E-state index in [4.69, 9.17) is 0 Å². The van der Waals surface area contributed by atoms with Crippen LogP contribution in [0.3, 0.4) is 0 Å². The molecule has 2 unspecified atom stereocenters. The van der Waals surface area contributed by atoms with E-state index < -0.39 is 0 Å². The van der Waals surface area contributed by atoms with Gasteiger partial charge in [-0.05, 0) is 31.6 Å². The van der Waals surface area contributed by atoms with Gasteiger partial charge in [-0.25, -0.2) is 4.98 Å². The van der Waals surface area contributed by atoms with Crippen molar-refractivity contribution in [2.45, 2.75) is 63.8 Å². The molecule has 0 aromatic carbocycles. The minimum absolute atomic E-state index is 0.633. The second-order valence-electron chi connectivity index (χ2n) is 5.51. The van der Waals surface area contributed by atoms with Crippen LogP contribution >= 0.6 is 11.5 Å². The Bertz CT molecular complexity index is 372. The molecule has 0 aliphatic heterocycles. The summed E-state index contributed by atoms with van der Waals surface area (Å²) in [5.41, 5.74) is 0. The van der Waals surface area contributed by atoms with Crippen molar-refractivity contribution < 1.29 is 0 Å². The summed E-state index contributed by atoms with van der Waals surface area (Å²) >= 11 is 1.55. The third-order valence-electron chi connectivity index (χ3n) is 4.07. The fourth-order valence-electron chi connectivity index (χ4n) is 2.77. The Labute approximate surface area is 107 Å². The van der Waals surface area contributed by atoms with Gasteiger partial charge in [0.25, 0.3) is 0 Å². The van der Waals surface area contributed by atoms with Crippen LogP contribution < -0.4 is 5.32 Å². The Hall–Kier alpha value is -0.640. The predicted molar refractivity (Wildman–Crippen MR) is 71.5 cm³/mol. The molecule has 0 radical (unpaired) electrons. The van der Waals surface area contributed by atoms with Crippen LogP contribution in [0.1, 0.15) is 63.6 Å². The molecule has 2 aliphatic rings.